The first kappa shape index (κ1) is 7.01. The third kappa shape index (κ3) is 0.950. The van der Waals surface area contributed by atoms with Crippen molar-refractivity contribution < 1.29 is 9.90 Å². The number of carbonyl (C=O) groups excluding carboxylic acids is 1. The average Bonchev–Trinajstić information content (AvgIpc) is 2.11. The van der Waals surface area contributed by atoms with Crippen LogP contribution < -0.4 is 10.8 Å². The van der Waals surface area contributed by atoms with Gasteiger partial charge in [-0.05, 0) is 18.5 Å². The summed E-state index contributed by atoms with van der Waals surface area (Å²) in [7, 11) is 0. The van der Waals surface area contributed by atoms with Crippen molar-refractivity contribution >= 4 is 22.5 Å². The van der Waals surface area contributed by atoms with E-state index in [1.807, 2.05) is 0 Å². The first-order chi connectivity index (χ1) is 4.63. The monoisotopic (exact) mass is 157 g/mol. The number of nitrogen functional groups attached to an aromatic ring is 1. The first-order valence-electron chi connectivity index (χ1n) is 2.56. The number of aromatic nitrogens is 1. The van der Waals surface area contributed by atoms with Crippen LogP contribution in [0.5, 0.6) is 0 Å². The second-order valence-electron chi connectivity index (χ2n) is 1.79. The molecule has 1 aromatic rings. The molecule has 0 spiro atoms. The molecule has 1 aromatic heterocycles. The van der Waals surface area contributed by atoms with Crippen LogP contribution in [0.25, 0.3) is 0 Å². The highest BCUT2D eigenvalue weighted by atomic mass is 32.1. The van der Waals surface area contributed by atoms with E-state index in [2.05, 4.69) is 4.37 Å². The lowest BCUT2D eigenvalue weighted by molar-refractivity contribution is -0.254. The zero-order chi connectivity index (χ0) is 7.72. The Kier molecular flexibility index (Phi) is 1.58. The Morgan fingerprint density at radius 2 is 2.40 bits per heavy atom. The Morgan fingerprint density at radius 1 is 1.80 bits per heavy atom. The lowest BCUT2D eigenvalue weighted by atomic mass is 10.2. The predicted molar refractivity (Wildman–Crippen MR) is 35.6 cm³/mol. The maximum atomic E-state index is 10.3. The van der Waals surface area contributed by atoms with E-state index in [4.69, 9.17) is 5.73 Å². The van der Waals surface area contributed by atoms with E-state index in [9.17, 15) is 9.90 Å². The molecule has 0 bridgehead atoms. The highest BCUT2D eigenvalue weighted by Crippen LogP contribution is 2.18. The topological polar surface area (TPSA) is 79.0 Å². The molecule has 0 unspecified atom stereocenters. The Labute approximate surface area is 61.5 Å². The maximum Gasteiger partial charge on any atom is 0.116 e. The number of carboxylic acid groups (broad SMARTS) is 1. The molecular weight excluding hydrogens is 152 g/mol. The third-order valence-electron chi connectivity index (χ3n) is 1.09. The summed E-state index contributed by atoms with van der Waals surface area (Å²) in [6.07, 6.45) is 0. The number of carbonyl (C=O) groups is 1. The molecule has 0 aliphatic heterocycles. The summed E-state index contributed by atoms with van der Waals surface area (Å²) >= 11 is 0.966. The summed E-state index contributed by atoms with van der Waals surface area (Å²) in [6.45, 7) is 1.58. The van der Waals surface area contributed by atoms with E-state index in [1.54, 1.807) is 6.92 Å². The van der Waals surface area contributed by atoms with Crippen molar-refractivity contribution in [2.24, 2.45) is 0 Å². The standard InChI is InChI=1S/C5H6N2O2S/c1-2-3(5(8)9)4(6)10-7-2/h6H2,1H3,(H,8,9)/p-1. The fourth-order valence-electron chi connectivity index (χ4n) is 0.636. The van der Waals surface area contributed by atoms with Gasteiger partial charge in [0.25, 0.3) is 0 Å². The zero-order valence-electron chi connectivity index (χ0n) is 5.25. The third-order valence-corrected chi connectivity index (χ3v) is 1.86. The molecule has 5 heteroatoms. The minimum Gasteiger partial charge on any atom is -0.545 e. The van der Waals surface area contributed by atoms with Gasteiger partial charge in [0.15, 0.2) is 0 Å². The molecule has 0 saturated carbocycles. The van der Waals surface area contributed by atoms with Crippen molar-refractivity contribution in [3.8, 4) is 0 Å². The van der Waals surface area contributed by atoms with Crippen LogP contribution in [0.1, 0.15) is 16.1 Å². The number of anilines is 1. The molecule has 0 aliphatic carbocycles. The van der Waals surface area contributed by atoms with Crippen molar-refractivity contribution in [3.63, 3.8) is 0 Å². The number of nitrogens with two attached hydrogens (primary N) is 1. The van der Waals surface area contributed by atoms with E-state index in [1.165, 1.54) is 0 Å². The van der Waals surface area contributed by atoms with Crippen LogP contribution in [0.3, 0.4) is 0 Å². The lowest BCUT2D eigenvalue weighted by Crippen LogP contribution is -2.23. The second-order valence-corrected chi connectivity index (χ2v) is 2.60. The fourth-order valence-corrected chi connectivity index (χ4v) is 1.28. The summed E-state index contributed by atoms with van der Waals surface area (Å²) in [5, 5.41) is 10.5. The molecule has 0 radical (unpaired) electrons. The minimum absolute atomic E-state index is 0.0185. The van der Waals surface area contributed by atoms with Crippen molar-refractivity contribution in [1.82, 2.24) is 4.37 Å². The molecule has 10 heavy (non-hydrogen) atoms. The molecule has 0 atom stereocenters. The van der Waals surface area contributed by atoms with Crippen molar-refractivity contribution in [3.05, 3.63) is 11.3 Å². The number of hydrogen-bond acceptors (Lipinski definition) is 5. The van der Waals surface area contributed by atoms with Gasteiger partial charge in [-0.15, -0.1) is 0 Å². The second kappa shape index (κ2) is 2.26. The quantitative estimate of drug-likeness (QED) is 0.590. The Morgan fingerprint density at radius 3 is 2.60 bits per heavy atom. The van der Waals surface area contributed by atoms with Gasteiger partial charge in [-0.2, -0.15) is 4.37 Å². The molecule has 1 rings (SSSR count). The van der Waals surface area contributed by atoms with Crippen LogP contribution >= 0.6 is 11.5 Å². The van der Waals surface area contributed by atoms with E-state index in [0.29, 0.717) is 5.69 Å². The lowest BCUT2D eigenvalue weighted by Gasteiger charge is -1.98. The molecule has 0 amide bonds. The van der Waals surface area contributed by atoms with Crippen LogP contribution in [-0.4, -0.2) is 10.3 Å². The molecular formula is C5H5N2O2S-. The Bertz CT molecular complexity index is 249. The van der Waals surface area contributed by atoms with Crippen molar-refractivity contribution in [2.45, 2.75) is 6.92 Å². The summed E-state index contributed by atoms with van der Waals surface area (Å²) in [5.74, 6) is -1.26. The van der Waals surface area contributed by atoms with Crippen LogP contribution in [0.15, 0.2) is 0 Å². The highest BCUT2D eigenvalue weighted by molar-refractivity contribution is 7.10. The normalized spacial score (nSPS) is 9.70. The number of carboxylic acids is 1. The molecule has 1 heterocycles. The number of rotatable bonds is 1. The van der Waals surface area contributed by atoms with Crippen LogP contribution in [0.2, 0.25) is 0 Å². The van der Waals surface area contributed by atoms with Gasteiger partial charge in [0.2, 0.25) is 0 Å². The largest absolute Gasteiger partial charge is 0.545 e. The van der Waals surface area contributed by atoms with Crippen LogP contribution in [0.4, 0.5) is 5.00 Å². The molecule has 2 N–H and O–H groups in total. The summed E-state index contributed by atoms with van der Waals surface area (Å²) in [4.78, 5) is 10.3. The summed E-state index contributed by atoms with van der Waals surface area (Å²) in [5.41, 5.74) is 5.72. The van der Waals surface area contributed by atoms with Crippen molar-refractivity contribution in [1.29, 1.82) is 0 Å². The van der Waals surface area contributed by atoms with Crippen molar-refractivity contribution in [2.75, 3.05) is 5.73 Å². The highest BCUT2D eigenvalue weighted by Gasteiger charge is 2.06. The Balaban J connectivity index is 3.23. The molecule has 0 saturated heterocycles. The smallest absolute Gasteiger partial charge is 0.116 e. The number of aryl methyl sites for hydroxylation is 1. The molecule has 4 nitrogen and oxygen atoms in total. The van der Waals surface area contributed by atoms with Gasteiger partial charge in [-0.3, -0.25) is 0 Å². The maximum absolute atomic E-state index is 10.3. The number of nitrogens with zero attached hydrogens (tertiary/aromatic N) is 1. The molecule has 0 aromatic carbocycles. The molecule has 0 aliphatic rings. The Hall–Kier alpha value is -1.10. The molecule has 54 valence electrons. The first-order valence-corrected chi connectivity index (χ1v) is 3.33. The molecule has 0 fully saturated rings. The van der Waals surface area contributed by atoms with Gasteiger partial charge in [0, 0.05) is 0 Å². The van der Waals surface area contributed by atoms with Gasteiger partial charge in [-0.25, -0.2) is 0 Å². The summed E-state index contributed by atoms with van der Waals surface area (Å²) < 4.78 is 3.73. The zero-order valence-corrected chi connectivity index (χ0v) is 6.07. The van der Waals surface area contributed by atoms with E-state index in [0.717, 1.165) is 11.5 Å². The van der Waals surface area contributed by atoms with E-state index >= 15 is 0 Å². The van der Waals surface area contributed by atoms with Crippen LogP contribution in [-0.2, 0) is 0 Å². The van der Waals surface area contributed by atoms with Crippen LogP contribution in [0, 0.1) is 6.92 Å². The minimum atomic E-state index is -1.26. The SMILES string of the molecule is Cc1nsc(N)c1C(=O)[O-]. The van der Waals surface area contributed by atoms with E-state index in [-0.39, 0.29) is 10.6 Å². The van der Waals surface area contributed by atoms with Gasteiger partial charge >= 0.3 is 0 Å². The summed E-state index contributed by atoms with van der Waals surface area (Å²) in [6, 6.07) is 0. The van der Waals surface area contributed by atoms with E-state index < -0.39 is 5.97 Å². The predicted octanol–water partition coefficient (Wildman–Crippen LogP) is -0.603. The average molecular weight is 157 g/mol. The van der Waals surface area contributed by atoms with Gasteiger partial charge in [0.05, 0.1) is 17.2 Å². The number of hydrogen-bond donors (Lipinski definition) is 1. The van der Waals surface area contributed by atoms with Gasteiger partial charge < -0.3 is 15.6 Å². The van der Waals surface area contributed by atoms with Gasteiger partial charge in [-0.1, -0.05) is 0 Å². The fraction of sp³-hybridized carbons (Fsp3) is 0.200. The number of aromatic carboxylic acids is 1. The van der Waals surface area contributed by atoms with Gasteiger partial charge in [0.1, 0.15) is 5.00 Å².